The molecule has 0 saturated heterocycles. The second kappa shape index (κ2) is 5.66. The van der Waals surface area contributed by atoms with Crippen molar-refractivity contribution in [2.24, 2.45) is 5.92 Å². The Morgan fingerprint density at radius 2 is 1.90 bits per heavy atom. The fourth-order valence-electron chi connectivity index (χ4n) is 3.01. The molecule has 0 amide bonds. The maximum Gasteiger partial charge on any atom is 0.252 e. The zero-order chi connectivity index (χ0) is 14.2. The summed E-state index contributed by atoms with van der Waals surface area (Å²) in [7, 11) is -3.34. The molecule has 1 heterocycles. The molecule has 2 N–H and O–H groups in total. The van der Waals surface area contributed by atoms with Crippen LogP contribution in [0.2, 0.25) is 0 Å². The molecule has 2 fully saturated rings. The molecule has 112 valence electrons. The van der Waals surface area contributed by atoms with Crippen LogP contribution in [0.5, 0.6) is 0 Å². The van der Waals surface area contributed by atoms with Gasteiger partial charge in [0.1, 0.15) is 4.21 Å². The van der Waals surface area contributed by atoms with Crippen LogP contribution in [-0.4, -0.2) is 25.3 Å². The van der Waals surface area contributed by atoms with Crippen LogP contribution in [0.3, 0.4) is 0 Å². The quantitative estimate of drug-likeness (QED) is 0.908. The van der Waals surface area contributed by atoms with Gasteiger partial charge in [0.2, 0.25) is 0 Å². The van der Waals surface area contributed by atoms with Gasteiger partial charge < -0.3 is 5.73 Å². The lowest BCUT2D eigenvalue weighted by molar-refractivity contribution is 0.275. The summed E-state index contributed by atoms with van der Waals surface area (Å²) in [5.74, 6) is 0.538. The highest BCUT2D eigenvalue weighted by Crippen LogP contribution is 2.36. The van der Waals surface area contributed by atoms with Gasteiger partial charge in [0.05, 0.1) is 0 Å². The van der Waals surface area contributed by atoms with E-state index in [4.69, 9.17) is 5.73 Å². The molecule has 1 aromatic rings. The molecule has 0 atom stereocenters. The second-order valence-electron chi connectivity index (χ2n) is 6.01. The molecular weight excluding hydrogens is 292 g/mol. The molecule has 1 aromatic heterocycles. The monoisotopic (exact) mass is 314 g/mol. The fraction of sp³-hybridized carbons (Fsp3) is 0.714. The molecule has 0 unspecified atom stereocenters. The maximum atomic E-state index is 12.8. The molecule has 3 rings (SSSR count). The van der Waals surface area contributed by atoms with Crippen molar-refractivity contribution in [2.75, 3.05) is 12.3 Å². The van der Waals surface area contributed by atoms with E-state index in [9.17, 15) is 8.42 Å². The van der Waals surface area contributed by atoms with Crippen molar-refractivity contribution in [3.63, 3.8) is 0 Å². The number of sulfonamides is 1. The van der Waals surface area contributed by atoms with Crippen LogP contribution < -0.4 is 5.73 Å². The molecular formula is C14H22N2O2S2. The van der Waals surface area contributed by atoms with Crippen molar-refractivity contribution in [3.05, 3.63) is 11.4 Å². The number of anilines is 1. The Morgan fingerprint density at radius 3 is 2.45 bits per heavy atom. The zero-order valence-corrected chi connectivity index (χ0v) is 13.3. The van der Waals surface area contributed by atoms with Gasteiger partial charge >= 0.3 is 0 Å². The molecule has 0 spiro atoms. The lowest BCUT2D eigenvalue weighted by Gasteiger charge is -2.28. The lowest BCUT2D eigenvalue weighted by Crippen LogP contribution is -2.37. The van der Waals surface area contributed by atoms with E-state index in [-0.39, 0.29) is 6.04 Å². The van der Waals surface area contributed by atoms with Gasteiger partial charge in [-0.25, -0.2) is 8.42 Å². The first kappa shape index (κ1) is 14.4. The first-order chi connectivity index (χ1) is 9.57. The Hall–Kier alpha value is -0.590. The van der Waals surface area contributed by atoms with Crippen LogP contribution in [0.25, 0.3) is 0 Å². The molecule has 2 aliphatic rings. The Kier molecular flexibility index (Phi) is 4.06. The largest absolute Gasteiger partial charge is 0.398 e. The Balaban J connectivity index is 1.79. The van der Waals surface area contributed by atoms with Crippen LogP contribution in [0.4, 0.5) is 5.69 Å². The highest BCUT2D eigenvalue weighted by molar-refractivity contribution is 7.91. The number of rotatable bonds is 5. The van der Waals surface area contributed by atoms with E-state index in [0.29, 0.717) is 22.4 Å². The molecule has 6 heteroatoms. The minimum Gasteiger partial charge on any atom is -0.398 e. The molecule has 0 radical (unpaired) electrons. The summed E-state index contributed by atoms with van der Waals surface area (Å²) >= 11 is 1.24. The summed E-state index contributed by atoms with van der Waals surface area (Å²) in [6.07, 6.45) is 8.15. The van der Waals surface area contributed by atoms with E-state index in [1.54, 1.807) is 15.8 Å². The molecule has 4 nitrogen and oxygen atoms in total. The van der Waals surface area contributed by atoms with Gasteiger partial charge in [-0.2, -0.15) is 4.31 Å². The average molecular weight is 314 g/mol. The van der Waals surface area contributed by atoms with Crippen molar-refractivity contribution in [2.45, 2.75) is 55.2 Å². The van der Waals surface area contributed by atoms with E-state index < -0.39 is 10.0 Å². The minimum atomic E-state index is -3.34. The van der Waals surface area contributed by atoms with Crippen LogP contribution in [0.15, 0.2) is 15.7 Å². The van der Waals surface area contributed by atoms with Gasteiger partial charge in [0, 0.05) is 23.7 Å². The number of thiophene rings is 1. The van der Waals surface area contributed by atoms with Crippen molar-refractivity contribution >= 4 is 27.0 Å². The fourth-order valence-corrected chi connectivity index (χ4v) is 5.98. The smallest absolute Gasteiger partial charge is 0.252 e. The van der Waals surface area contributed by atoms with Crippen LogP contribution in [-0.2, 0) is 10.0 Å². The first-order valence-corrected chi connectivity index (χ1v) is 9.75. The number of nitrogen functional groups attached to an aromatic ring is 1. The predicted molar refractivity (Wildman–Crippen MR) is 82.2 cm³/mol. The van der Waals surface area contributed by atoms with Gasteiger partial charge in [-0.1, -0.05) is 19.3 Å². The molecule has 0 aliphatic heterocycles. The average Bonchev–Trinajstić information content (AvgIpc) is 3.17. The summed E-state index contributed by atoms with van der Waals surface area (Å²) in [6.45, 7) is 0.699. The van der Waals surface area contributed by atoms with Crippen molar-refractivity contribution in [1.82, 2.24) is 4.31 Å². The third-order valence-electron chi connectivity index (χ3n) is 4.28. The van der Waals surface area contributed by atoms with Crippen molar-refractivity contribution in [1.29, 1.82) is 0 Å². The van der Waals surface area contributed by atoms with Crippen molar-refractivity contribution < 1.29 is 8.42 Å². The van der Waals surface area contributed by atoms with E-state index in [0.717, 1.165) is 12.8 Å². The summed E-state index contributed by atoms with van der Waals surface area (Å²) in [5.41, 5.74) is 6.22. The van der Waals surface area contributed by atoms with Gasteiger partial charge in [0.25, 0.3) is 10.0 Å². The normalized spacial score (nSPS) is 21.4. The van der Waals surface area contributed by atoms with Gasteiger partial charge in [-0.15, -0.1) is 11.3 Å². The lowest BCUT2D eigenvalue weighted by atomic mass is 9.89. The molecule has 0 aromatic carbocycles. The standard InChI is InChI=1S/C14H22N2O2S2/c15-12-8-14(19-10-12)20(17,18)16(13-6-7-13)9-11-4-2-1-3-5-11/h8,10-11,13H,1-7,9,15H2. The number of nitrogens with zero attached hydrogens (tertiary/aromatic N) is 1. The summed E-state index contributed by atoms with van der Waals surface area (Å²) < 4.78 is 27.7. The van der Waals surface area contributed by atoms with Gasteiger partial charge in [-0.3, -0.25) is 0 Å². The number of hydrogen-bond donors (Lipinski definition) is 1. The number of hydrogen-bond acceptors (Lipinski definition) is 4. The minimum absolute atomic E-state index is 0.227. The predicted octanol–water partition coefficient (Wildman–Crippen LogP) is 3.06. The second-order valence-corrected chi connectivity index (χ2v) is 9.04. The van der Waals surface area contributed by atoms with E-state index >= 15 is 0 Å². The first-order valence-electron chi connectivity index (χ1n) is 7.43. The van der Waals surface area contributed by atoms with Gasteiger partial charge in [-0.05, 0) is 37.7 Å². The third kappa shape index (κ3) is 3.02. The summed E-state index contributed by atoms with van der Waals surface area (Å²) in [6, 6.07) is 1.82. The highest BCUT2D eigenvalue weighted by atomic mass is 32.2. The van der Waals surface area contributed by atoms with Crippen molar-refractivity contribution in [3.8, 4) is 0 Å². The Morgan fingerprint density at radius 1 is 1.20 bits per heavy atom. The van der Waals surface area contributed by atoms with Crippen LogP contribution >= 0.6 is 11.3 Å². The number of nitrogens with two attached hydrogens (primary N) is 1. The highest BCUT2D eigenvalue weighted by Gasteiger charge is 2.39. The topological polar surface area (TPSA) is 63.4 Å². The van der Waals surface area contributed by atoms with E-state index in [1.807, 2.05) is 0 Å². The SMILES string of the molecule is Nc1csc(S(=O)(=O)N(CC2CCCCC2)C2CC2)c1. The molecule has 2 aliphatic carbocycles. The van der Waals surface area contributed by atoms with Gasteiger partial charge in [0.15, 0.2) is 0 Å². The summed E-state index contributed by atoms with van der Waals surface area (Å²) in [4.78, 5) is 0. The zero-order valence-electron chi connectivity index (χ0n) is 11.6. The third-order valence-corrected chi connectivity index (χ3v) is 7.63. The molecule has 20 heavy (non-hydrogen) atoms. The molecule has 2 saturated carbocycles. The van der Waals surface area contributed by atoms with E-state index in [1.165, 1.54) is 43.4 Å². The molecule has 0 bridgehead atoms. The summed E-state index contributed by atoms with van der Waals surface area (Å²) in [5, 5.41) is 1.71. The Labute approximate surface area is 125 Å². The Bertz CT molecular complexity index is 557. The maximum absolute atomic E-state index is 12.8. The van der Waals surface area contributed by atoms with E-state index in [2.05, 4.69) is 0 Å². The van der Waals surface area contributed by atoms with Crippen LogP contribution in [0.1, 0.15) is 44.9 Å². The van der Waals surface area contributed by atoms with Crippen LogP contribution in [0, 0.1) is 5.92 Å².